The van der Waals surface area contributed by atoms with E-state index in [0.29, 0.717) is 12.4 Å². The van der Waals surface area contributed by atoms with Crippen molar-refractivity contribution in [2.24, 2.45) is 0 Å². The van der Waals surface area contributed by atoms with Gasteiger partial charge in [0.2, 0.25) is 0 Å². The van der Waals surface area contributed by atoms with Crippen LogP contribution in [0, 0.1) is 0 Å². The highest BCUT2D eigenvalue weighted by atomic mass is 32.1. The third kappa shape index (κ3) is 3.92. The van der Waals surface area contributed by atoms with Crippen LogP contribution in [0.15, 0.2) is 83.1 Å². The number of para-hydroxylation sites is 1. The molecule has 0 saturated heterocycles. The lowest BCUT2D eigenvalue weighted by molar-refractivity contribution is 0.241. The highest BCUT2D eigenvalue weighted by molar-refractivity contribution is 7.13. The van der Waals surface area contributed by atoms with E-state index in [4.69, 9.17) is 4.98 Å². The van der Waals surface area contributed by atoms with Crippen LogP contribution in [0.2, 0.25) is 0 Å². The molecule has 5 nitrogen and oxygen atoms in total. The summed E-state index contributed by atoms with van der Waals surface area (Å²) in [5.74, 6) is 0.676. The molecule has 2 aromatic carbocycles. The smallest absolute Gasteiger partial charge is 0.254 e. The molecule has 0 unspecified atom stereocenters. The molecular weight excluding hydrogens is 428 g/mol. The van der Waals surface area contributed by atoms with Crippen LogP contribution < -0.4 is 5.56 Å². The first kappa shape index (κ1) is 20.1. The first-order chi connectivity index (χ1) is 16.2. The quantitative estimate of drug-likeness (QED) is 0.406. The Hall–Kier alpha value is -3.48. The minimum atomic E-state index is 0.00233. The van der Waals surface area contributed by atoms with Crippen LogP contribution in [0.3, 0.4) is 0 Å². The van der Waals surface area contributed by atoms with E-state index in [1.807, 2.05) is 17.5 Å². The van der Waals surface area contributed by atoms with Crippen molar-refractivity contribution >= 4 is 22.2 Å². The van der Waals surface area contributed by atoms with Crippen LogP contribution in [-0.2, 0) is 26.1 Å². The molecule has 1 aliphatic heterocycles. The van der Waals surface area contributed by atoms with Crippen molar-refractivity contribution in [3.8, 4) is 10.7 Å². The Bertz CT molecular complexity index is 1470. The van der Waals surface area contributed by atoms with E-state index in [9.17, 15) is 4.79 Å². The minimum absolute atomic E-state index is 0.00233. The number of hydrogen-bond acceptors (Lipinski definition) is 4. The molecule has 0 radical (unpaired) electrons. The molecular formula is C27H24N4OS. The van der Waals surface area contributed by atoms with Crippen molar-refractivity contribution in [3.63, 3.8) is 0 Å². The van der Waals surface area contributed by atoms with Gasteiger partial charge in [0.05, 0.1) is 10.6 Å². The molecule has 5 aromatic rings. The van der Waals surface area contributed by atoms with E-state index in [0.717, 1.165) is 42.2 Å². The molecule has 1 N–H and O–H groups in total. The number of nitrogens with zero attached hydrogens (tertiary/aromatic N) is 3. The Kier molecular flexibility index (Phi) is 5.17. The molecule has 0 bridgehead atoms. The molecule has 1 aliphatic rings. The molecule has 0 amide bonds. The SMILES string of the molecule is O=c1[nH]c(-c2cccs2)nc2c1CCN(Cc1cn(Cc3ccccc3)c3ccccc13)C2. The van der Waals surface area contributed by atoms with Gasteiger partial charge in [-0.05, 0) is 35.1 Å². The van der Waals surface area contributed by atoms with Gasteiger partial charge >= 0.3 is 0 Å². The van der Waals surface area contributed by atoms with Gasteiger partial charge in [-0.3, -0.25) is 9.69 Å². The van der Waals surface area contributed by atoms with Gasteiger partial charge in [-0.25, -0.2) is 4.98 Å². The average Bonchev–Trinajstić information content (AvgIpc) is 3.49. The van der Waals surface area contributed by atoms with Gasteiger partial charge in [-0.2, -0.15) is 0 Å². The number of rotatable bonds is 5. The molecule has 6 heteroatoms. The summed E-state index contributed by atoms with van der Waals surface area (Å²) in [4.78, 5) is 23.9. The van der Waals surface area contributed by atoms with E-state index < -0.39 is 0 Å². The Morgan fingerprint density at radius 1 is 0.970 bits per heavy atom. The number of fused-ring (bicyclic) bond motifs is 2. The highest BCUT2D eigenvalue weighted by Gasteiger charge is 2.23. The molecule has 4 heterocycles. The third-order valence-electron chi connectivity index (χ3n) is 6.37. The van der Waals surface area contributed by atoms with E-state index in [1.165, 1.54) is 22.0 Å². The summed E-state index contributed by atoms with van der Waals surface area (Å²) in [6.45, 7) is 3.24. The summed E-state index contributed by atoms with van der Waals surface area (Å²) in [5.41, 5.74) is 5.60. The number of hydrogen-bond donors (Lipinski definition) is 1. The van der Waals surface area contributed by atoms with E-state index >= 15 is 0 Å². The molecule has 0 saturated carbocycles. The lowest BCUT2D eigenvalue weighted by Crippen LogP contribution is -2.35. The van der Waals surface area contributed by atoms with Gasteiger partial charge in [0.15, 0.2) is 5.82 Å². The second-order valence-electron chi connectivity index (χ2n) is 8.56. The Balaban J connectivity index is 1.29. The zero-order chi connectivity index (χ0) is 22.2. The maximum atomic E-state index is 12.7. The molecule has 0 aliphatic carbocycles. The molecule has 0 atom stereocenters. The standard InChI is InChI=1S/C27H24N4OS/c32-27-22-12-13-30(18-23(22)28-26(29-27)25-11-6-14-33-25)16-20-17-31(15-19-7-2-1-3-8-19)24-10-5-4-9-21(20)24/h1-11,14,17H,12-13,15-16,18H2,(H,28,29,32). The summed E-state index contributed by atoms with van der Waals surface area (Å²) < 4.78 is 2.34. The number of thiophene rings is 1. The lowest BCUT2D eigenvalue weighted by atomic mass is 10.1. The fourth-order valence-corrected chi connectivity index (χ4v) is 5.43. The van der Waals surface area contributed by atoms with E-state index in [1.54, 1.807) is 11.3 Å². The van der Waals surface area contributed by atoms with Gasteiger partial charge in [0.25, 0.3) is 5.56 Å². The van der Waals surface area contributed by atoms with Crippen molar-refractivity contribution in [2.45, 2.75) is 26.1 Å². The number of H-pyrrole nitrogens is 1. The topological polar surface area (TPSA) is 53.9 Å². The molecule has 33 heavy (non-hydrogen) atoms. The predicted molar refractivity (Wildman–Crippen MR) is 133 cm³/mol. The lowest BCUT2D eigenvalue weighted by Gasteiger charge is -2.27. The van der Waals surface area contributed by atoms with E-state index in [-0.39, 0.29) is 5.56 Å². The van der Waals surface area contributed by atoms with Crippen LogP contribution >= 0.6 is 11.3 Å². The fraction of sp³-hybridized carbons (Fsp3) is 0.185. The van der Waals surface area contributed by atoms with Crippen molar-refractivity contribution in [2.75, 3.05) is 6.54 Å². The molecule has 3 aromatic heterocycles. The monoisotopic (exact) mass is 452 g/mol. The van der Waals surface area contributed by atoms with Gasteiger partial charge in [-0.15, -0.1) is 11.3 Å². The van der Waals surface area contributed by atoms with Crippen molar-refractivity contribution in [3.05, 3.63) is 111 Å². The van der Waals surface area contributed by atoms with Crippen molar-refractivity contribution in [1.82, 2.24) is 19.4 Å². The van der Waals surface area contributed by atoms with Gasteiger partial charge in [-0.1, -0.05) is 54.6 Å². The Labute approximate surface area is 196 Å². The maximum Gasteiger partial charge on any atom is 0.254 e. The summed E-state index contributed by atoms with van der Waals surface area (Å²) in [6, 6.07) is 23.2. The Morgan fingerprint density at radius 3 is 2.67 bits per heavy atom. The van der Waals surface area contributed by atoms with E-state index in [2.05, 4.69) is 75.2 Å². The van der Waals surface area contributed by atoms with Gasteiger partial charge in [0.1, 0.15) is 0 Å². The zero-order valence-corrected chi connectivity index (χ0v) is 19.0. The Morgan fingerprint density at radius 2 is 1.82 bits per heavy atom. The largest absolute Gasteiger partial charge is 0.343 e. The van der Waals surface area contributed by atoms with Crippen molar-refractivity contribution < 1.29 is 0 Å². The summed E-state index contributed by atoms with van der Waals surface area (Å²) in [7, 11) is 0. The summed E-state index contributed by atoms with van der Waals surface area (Å²) in [5, 5.41) is 3.30. The maximum absolute atomic E-state index is 12.7. The fourth-order valence-electron chi connectivity index (χ4n) is 4.76. The number of benzene rings is 2. The summed E-state index contributed by atoms with van der Waals surface area (Å²) >= 11 is 1.59. The molecule has 164 valence electrons. The highest BCUT2D eigenvalue weighted by Crippen LogP contribution is 2.27. The zero-order valence-electron chi connectivity index (χ0n) is 18.2. The second-order valence-corrected chi connectivity index (χ2v) is 9.51. The van der Waals surface area contributed by atoms with Crippen LogP contribution in [0.1, 0.15) is 22.4 Å². The van der Waals surface area contributed by atoms with Crippen LogP contribution in [0.25, 0.3) is 21.6 Å². The minimum Gasteiger partial charge on any atom is -0.343 e. The van der Waals surface area contributed by atoms with Crippen LogP contribution in [0.4, 0.5) is 0 Å². The van der Waals surface area contributed by atoms with Gasteiger partial charge < -0.3 is 9.55 Å². The molecule has 0 spiro atoms. The molecule has 0 fully saturated rings. The summed E-state index contributed by atoms with van der Waals surface area (Å²) in [6.07, 6.45) is 3.01. The van der Waals surface area contributed by atoms with Crippen LogP contribution in [-0.4, -0.2) is 26.0 Å². The first-order valence-corrected chi connectivity index (χ1v) is 12.1. The van der Waals surface area contributed by atoms with Crippen molar-refractivity contribution in [1.29, 1.82) is 0 Å². The van der Waals surface area contributed by atoms with Crippen LogP contribution in [0.5, 0.6) is 0 Å². The van der Waals surface area contributed by atoms with Gasteiger partial charge in [0, 0.05) is 48.8 Å². The third-order valence-corrected chi connectivity index (χ3v) is 7.24. The average molecular weight is 453 g/mol. The number of aromatic amines is 1. The first-order valence-electron chi connectivity index (χ1n) is 11.2. The predicted octanol–water partition coefficient (Wildman–Crippen LogP) is 5.06. The normalized spacial score (nSPS) is 13.9. The number of nitrogens with one attached hydrogen (secondary N) is 1. The number of aromatic nitrogens is 3. The second kappa shape index (κ2) is 8.46. The molecule has 6 rings (SSSR count).